The Morgan fingerprint density at radius 1 is 1.55 bits per heavy atom. The maximum Gasteiger partial charge on any atom is 0.272 e. The molecule has 2 saturated heterocycles. The number of aromatic nitrogens is 1. The van der Waals surface area contributed by atoms with Gasteiger partial charge in [0.25, 0.3) is 5.91 Å². The van der Waals surface area contributed by atoms with Gasteiger partial charge in [-0.15, -0.1) is 0 Å². The third kappa shape index (κ3) is 2.88. The van der Waals surface area contributed by atoms with Crippen LogP contribution in [-0.2, 0) is 9.47 Å². The van der Waals surface area contributed by atoms with Crippen LogP contribution in [0.3, 0.4) is 0 Å². The van der Waals surface area contributed by atoms with Crippen LogP contribution in [0.1, 0.15) is 35.4 Å². The Bertz CT molecular complexity index is 544. The zero-order valence-electron chi connectivity index (χ0n) is 13.4. The summed E-state index contributed by atoms with van der Waals surface area (Å²) in [7, 11) is 1.73. The van der Waals surface area contributed by atoms with E-state index in [-0.39, 0.29) is 17.4 Å². The standard InChI is InChI=1S/C17H24N2O3/c1-13-5-3-6-14(18-13)16(20)19-9-7-15-17(11-19,12-21-2)8-4-10-22-15/h3,5-6,15H,4,7-12H2,1-2H3/t15-,17-/m1/s1. The van der Waals surface area contributed by atoms with Gasteiger partial charge in [-0.05, 0) is 38.3 Å². The number of nitrogens with zero attached hydrogens (tertiary/aromatic N) is 2. The molecule has 22 heavy (non-hydrogen) atoms. The lowest BCUT2D eigenvalue weighted by Crippen LogP contribution is -2.58. The molecular formula is C17H24N2O3. The van der Waals surface area contributed by atoms with E-state index >= 15 is 0 Å². The number of rotatable bonds is 3. The molecule has 0 saturated carbocycles. The van der Waals surface area contributed by atoms with Gasteiger partial charge in [-0.25, -0.2) is 4.98 Å². The molecule has 5 nitrogen and oxygen atoms in total. The number of piperidine rings is 1. The molecule has 1 aromatic heterocycles. The van der Waals surface area contributed by atoms with Gasteiger partial charge in [-0.2, -0.15) is 0 Å². The lowest BCUT2D eigenvalue weighted by Gasteiger charge is -2.50. The van der Waals surface area contributed by atoms with Gasteiger partial charge in [0.05, 0.1) is 12.7 Å². The number of amides is 1. The molecule has 2 aliphatic heterocycles. The molecule has 0 radical (unpaired) electrons. The summed E-state index contributed by atoms with van der Waals surface area (Å²) in [6.07, 6.45) is 3.16. The number of methoxy groups -OCH3 is 1. The van der Waals surface area contributed by atoms with Crippen molar-refractivity contribution >= 4 is 5.91 Å². The van der Waals surface area contributed by atoms with E-state index in [2.05, 4.69) is 4.98 Å². The van der Waals surface area contributed by atoms with Crippen LogP contribution in [0.15, 0.2) is 18.2 Å². The molecule has 0 unspecified atom stereocenters. The minimum atomic E-state index is -0.0647. The first kappa shape index (κ1) is 15.4. The van der Waals surface area contributed by atoms with Crippen molar-refractivity contribution in [3.63, 3.8) is 0 Å². The molecule has 1 amide bonds. The van der Waals surface area contributed by atoms with Gasteiger partial charge in [0.1, 0.15) is 5.69 Å². The number of hydrogen-bond donors (Lipinski definition) is 0. The van der Waals surface area contributed by atoms with E-state index in [0.717, 1.165) is 38.1 Å². The summed E-state index contributed by atoms with van der Waals surface area (Å²) in [4.78, 5) is 19.0. The molecule has 2 aliphatic rings. The highest BCUT2D eigenvalue weighted by Crippen LogP contribution is 2.40. The number of carbonyl (C=O) groups is 1. The van der Waals surface area contributed by atoms with E-state index in [1.807, 2.05) is 24.0 Å². The Morgan fingerprint density at radius 2 is 2.41 bits per heavy atom. The SMILES string of the molecule is COC[C@]12CCCO[C@@H]1CCN(C(=O)c1cccc(C)n1)C2. The number of ether oxygens (including phenoxy) is 2. The van der Waals surface area contributed by atoms with Crippen LogP contribution < -0.4 is 0 Å². The minimum Gasteiger partial charge on any atom is -0.384 e. The summed E-state index contributed by atoms with van der Waals surface area (Å²) >= 11 is 0. The number of aryl methyl sites for hydroxylation is 1. The molecule has 0 aliphatic carbocycles. The fourth-order valence-electron chi connectivity index (χ4n) is 3.79. The highest BCUT2D eigenvalue weighted by molar-refractivity contribution is 5.92. The van der Waals surface area contributed by atoms with Gasteiger partial charge in [0.2, 0.25) is 0 Å². The van der Waals surface area contributed by atoms with Crippen LogP contribution in [0.4, 0.5) is 0 Å². The summed E-state index contributed by atoms with van der Waals surface area (Å²) < 4.78 is 11.4. The molecule has 3 heterocycles. The molecule has 0 spiro atoms. The summed E-state index contributed by atoms with van der Waals surface area (Å²) in [5.41, 5.74) is 1.33. The summed E-state index contributed by atoms with van der Waals surface area (Å²) in [6.45, 7) is 4.79. The van der Waals surface area contributed by atoms with E-state index in [1.165, 1.54) is 0 Å². The lowest BCUT2D eigenvalue weighted by atomic mass is 9.73. The van der Waals surface area contributed by atoms with Gasteiger partial charge in [-0.3, -0.25) is 4.79 Å². The van der Waals surface area contributed by atoms with Crippen molar-refractivity contribution < 1.29 is 14.3 Å². The summed E-state index contributed by atoms with van der Waals surface area (Å²) in [5.74, 6) is 0.0169. The predicted octanol–water partition coefficient (Wildman–Crippen LogP) is 2.05. The third-order valence-corrected chi connectivity index (χ3v) is 4.81. The normalized spacial score (nSPS) is 28.3. The highest BCUT2D eigenvalue weighted by atomic mass is 16.5. The first-order valence-corrected chi connectivity index (χ1v) is 7.98. The Labute approximate surface area is 131 Å². The first-order valence-electron chi connectivity index (χ1n) is 7.98. The second kappa shape index (κ2) is 6.34. The number of pyridine rings is 1. The third-order valence-electron chi connectivity index (χ3n) is 4.81. The summed E-state index contributed by atoms with van der Waals surface area (Å²) in [6, 6.07) is 5.59. The van der Waals surface area contributed by atoms with Crippen LogP contribution in [-0.4, -0.2) is 55.3 Å². The smallest absolute Gasteiger partial charge is 0.272 e. The average molecular weight is 304 g/mol. The number of carbonyl (C=O) groups excluding carboxylic acids is 1. The maximum absolute atomic E-state index is 12.8. The van der Waals surface area contributed by atoms with Gasteiger partial charge in [-0.1, -0.05) is 6.07 Å². The van der Waals surface area contributed by atoms with Crippen LogP contribution in [0, 0.1) is 12.3 Å². The van der Waals surface area contributed by atoms with Crippen molar-refractivity contribution in [3.05, 3.63) is 29.6 Å². The maximum atomic E-state index is 12.8. The molecule has 1 aromatic rings. The molecule has 120 valence electrons. The monoisotopic (exact) mass is 304 g/mol. The highest BCUT2D eigenvalue weighted by Gasteiger charge is 2.47. The van der Waals surface area contributed by atoms with Crippen LogP contribution >= 0.6 is 0 Å². The number of likely N-dealkylation sites (tertiary alicyclic amines) is 1. The second-order valence-electron chi connectivity index (χ2n) is 6.44. The van der Waals surface area contributed by atoms with E-state index in [1.54, 1.807) is 13.2 Å². The van der Waals surface area contributed by atoms with Crippen molar-refractivity contribution in [2.45, 2.75) is 32.3 Å². The van der Waals surface area contributed by atoms with Crippen LogP contribution in [0.25, 0.3) is 0 Å². The lowest BCUT2D eigenvalue weighted by molar-refractivity contribution is -0.142. The number of fused-ring (bicyclic) bond motifs is 1. The average Bonchev–Trinajstić information content (AvgIpc) is 2.53. The Morgan fingerprint density at radius 3 is 3.18 bits per heavy atom. The Kier molecular flexibility index (Phi) is 4.45. The Hall–Kier alpha value is -1.46. The molecule has 5 heteroatoms. The van der Waals surface area contributed by atoms with E-state index < -0.39 is 0 Å². The molecule has 3 rings (SSSR count). The second-order valence-corrected chi connectivity index (χ2v) is 6.44. The molecule has 2 atom stereocenters. The fourth-order valence-corrected chi connectivity index (χ4v) is 3.79. The topological polar surface area (TPSA) is 51.7 Å². The van der Waals surface area contributed by atoms with Crippen molar-refractivity contribution in [3.8, 4) is 0 Å². The molecular weight excluding hydrogens is 280 g/mol. The molecule has 0 N–H and O–H groups in total. The van der Waals surface area contributed by atoms with E-state index in [0.29, 0.717) is 18.8 Å². The van der Waals surface area contributed by atoms with E-state index in [4.69, 9.17) is 9.47 Å². The van der Waals surface area contributed by atoms with Crippen LogP contribution in [0.2, 0.25) is 0 Å². The van der Waals surface area contributed by atoms with Crippen LogP contribution in [0.5, 0.6) is 0 Å². The zero-order chi connectivity index (χ0) is 15.6. The van der Waals surface area contributed by atoms with Gasteiger partial charge < -0.3 is 14.4 Å². The van der Waals surface area contributed by atoms with Crippen molar-refractivity contribution in [2.24, 2.45) is 5.41 Å². The first-order chi connectivity index (χ1) is 10.6. The predicted molar refractivity (Wildman–Crippen MR) is 82.8 cm³/mol. The molecule has 2 fully saturated rings. The van der Waals surface area contributed by atoms with Gasteiger partial charge in [0.15, 0.2) is 0 Å². The molecule has 0 bridgehead atoms. The fraction of sp³-hybridized carbons (Fsp3) is 0.647. The Balaban J connectivity index is 1.79. The van der Waals surface area contributed by atoms with Crippen molar-refractivity contribution in [1.82, 2.24) is 9.88 Å². The van der Waals surface area contributed by atoms with Crippen molar-refractivity contribution in [2.75, 3.05) is 33.4 Å². The zero-order valence-corrected chi connectivity index (χ0v) is 13.4. The minimum absolute atomic E-state index is 0.0169. The van der Waals surface area contributed by atoms with Gasteiger partial charge >= 0.3 is 0 Å². The summed E-state index contributed by atoms with van der Waals surface area (Å²) in [5, 5.41) is 0. The molecule has 0 aromatic carbocycles. The van der Waals surface area contributed by atoms with Crippen molar-refractivity contribution in [1.29, 1.82) is 0 Å². The quantitative estimate of drug-likeness (QED) is 0.857. The number of hydrogen-bond acceptors (Lipinski definition) is 4. The van der Waals surface area contributed by atoms with Gasteiger partial charge in [0, 0.05) is 37.9 Å². The van der Waals surface area contributed by atoms with E-state index in [9.17, 15) is 4.79 Å². The largest absolute Gasteiger partial charge is 0.384 e.